The summed E-state index contributed by atoms with van der Waals surface area (Å²) in [6, 6.07) is 6.41. The molecule has 1 aromatic carbocycles. The fraction of sp³-hybridized carbons (Fsp3) is 0.667. The third-order valence-electron chi connectivity index (χ3n) is 5.67. The van der Waals surface area contributed by atoms with Crippen molar-refractivity contribution in [3.05, 3.63) is 23.8 Å². The van der Waals surface area contributed by atoms with E-state index in [1.807, 2.05) is 25.1 Å². The Kier molecular flexibility index (Phi) is 5.87. The molecule has 0 aromatic heterocycles. The molecule has 1 aromatic rings. The number of methoxy groups -OCH3 is 1. The van der Waals surface area contributed by atoms with Crippen LogP contribution in [0.15, 0.2) is 18.2 Å². The fourth-order valence-electron chi connectivity index (χ4n) is 4.04. The van der Waals surface area contributed by atoms with Crippen LogP contribution < -0.4 is 9.47 Å². The van der Waals surface area contributed by atoms with Crippen LogP contribution in [0.3, 0.4) is 0 Å². The summed E-state index contributed by atoms with van der Waals surface area (Å²) in [5.41, 5.74) is 0.713. The second kappa shape index (κ2) is 8.11. The standard InChI is InChI=1S/C21H31NO3/c1-4-15-6-9-17(10-7-15)22(18-11-12-18)21(23)16-8-13-19(25-5-2)20(14-16)24-3/h8,13-15,17-18H,4-7,9-12H2,1-3H3. The van der Waals surface area contributed by atoms with Gasteiger partial charge in [0, 0.05) is 17.6 Å². The first-order valence-corrected chi connectivity index (χ1v) is 9.81. The first kappa shape index (κ1) is 18.1. The largest absolute Gasteiger partial charge is 0.493 e. The highest BCUT2D eigenvalue weighted by Gasteiger charge is 2.39. The molecule has 0 heterocycles. The number of rotatable bonds is 7. The quantitative estimate of drug-likeness (QED) is 0.721. The number of ether oxygens (including phenoxy) is 2. The maximum atomic E-state index is 13.2. The van der Waals surface area contributed by atoms with E-state index in [1.54, 1.807) is 7.11 Å². The van der Waals surface area contributed by atoms with Gasteiger partial charge in [-0.15, -0.1) is 0 Å². The van der Waals surface area contributed by atoms with Crippen LogP contribution in [0, 0.1) is 5.92 Å². The molecule has 0 N–H and O–H groups in total. The molecule has 1 amide bonds. The molecule has 2 saturated carbocycles. The summed E-state index contributed by atoms with van der Waals surface area (Å²) in [6.07, 6.45) is 8.36. The number of carbonyl (C=O) groups is 1. The summed E-state index contributed by atoms with van der Waals surface area (Å²) < 4.78 is 11.0. The summed E-state index contributed by atoms with van der Waals surface area (Å²) in [4.78, 5) is 15.4. The number of amides is 1. The van der Waals surface area contributed by atoms with E-state index in [-0.39, 0.29) is 5.91 Å². The number of carbonyl (C=O) groups excluding carboxylic acids is 1. The molecule has 4 heteroatoms. The predicted octanol–water partition coefficient (Wildman–Crippen LogP) is 4.67. The van der Waals surface area contributed by atoms with Gasteiger partial charge >= 0.3 is 0 Å². The summed E-state index contributed by atoms with van der Waals surface area (Å²) in [6.45, 7) is 4.81. The third kappa shape index (κ3) is 4.10. The topological polar surface area (TPSA) is 38.8 Å². The van der Waals surface area contributed by atoms with Crippen LogP contribution >= 0.6 is 0 Å². The molecule has 4 nitrogen and oxygen atoms in total. The number of hydrogen-bond acceptors (Lipinski definition) is 3. The van der Waals surface area contributed by atoms with Gasteiger partial charge in [-0.2, -0.15) is 0 Å². The van der Waals surface area contributed by atoms with Gasteiger partial charge < -0.3 is 14.4 Å². The highest BCUT2D eigenvalue weighted by Crippen LogP contribution is 2.38. The molecule has 138 valence electrons. The van der Waals surface area contributed by atoms with Crippen molar-refractivity contribution < 1.29 is 14.3 Å². The Labute approximate surface area is 151 Å². The minimum Gasteiger partial charge on any atom is -0.493 e. The van der Waals surface area contributed by atoms with Crippen molar-refractivity contribution in [2.75, 3.05) is 13.7 Å². The molecule has 0 saturated heterocycles. The van der Waals surface area contributed by atoms with E-state index in [0.29, 0.717) is 35.8 Å². The molecule has 0 spiro atoms. The second-order valence-corrected chi connectivity index (χ2v) is 7.33. The minimum atomic E-state index is 0.156. The maximum absolute atomic E-state index is 13.2. The zero-order valence-corrected chi connectivity index (χ0v) is 15.8. The van der Waals surface area contributed by atoms with E-state index in [0.717, 1.165) is 31.6 Å². The van der Waals surface area contributed by atoms with Gasteiger partial charge in [-0.3, -0.25) is 4.79 Å². The number of nitrogens with zero attached hydrogens (tertiary/aromatic N) is 1. The van der Waals surface area contributed by atoms with Gasteiger partial charge in [-0.1, -0.05) is 13.3 Å². The Morgan fingerprint density at radius 1 is 1.04 bits per heavy atom. The zero-order valence-electron chi connectivity index (χ0n) is 15.8. The van der Waals surface area contributed by atoms with Crippen molar-refractivity contribution >= 4 is 5.91 Å². The summed E-state index contributed by atoms with van der Waals surface area (Å²) in [7, 11) is 1.62. The smallest absolute Gasteiger partial charge is 0.254 e. The molecule has 2 fully saturated rings. The van der Waals surface area contributed by atoms with Crippen molar-refractivity contribution in [2.24, 2.45) is 5.92 Å². The van der Waals surface area contributed by atoms with Gasteiger partial charge in [0.1, 0.15) is 0 Å². The summed E-state index contributed by atoms with van der Waals surface area (Å²) in [5, 5.41) is 0. The molecule has 0 radical (unpaired) electrons. The normalized spacial score (nSPS) is 23.2. The molecule has 0 unspecified atom stereocenters. The van der Waals surface area contributed by atoms with Gasteiger partial charge in [0.15, 0.2) is 11.5 Å². The van der Waals surface area contributed by atoms with E-state index < -0.39 is 0 Å². The second-order valence-electron chi connectivity index (χ2n) is 7.33. The Morgan fingerprint density at radius 2 is 1.68 bits per heavy atom. The van der Waals surface area contributed by atoms with Crippen LogP contribution in [-0.2, 0) is 0 Å². The van der Waals surface area contributed by atoms with Gasteiger partial charge in [0.2, 0.25) is 0 Å². The molecule has 0 atom stereocenters. The van der Waals surface area contributed by atoms with E-state index in [4.69, 9.17) is 9.47 Å². The van der Waals surface area contributed by atoms with Crippen LogP contribution in [-0.4, -0.2) is 36.6 Å². The van der Waals surface area contributed by atoms with Gasteiger partial charge in [0.25, 0.3) is 5.91 Å². The number of hydrogen-bond donors (Lipinski definition) is 0. The van der Waals surface area contributed by atoms with Crippen LogP contribution in [0.1, 0.15) is 69.2 Å². The van der Waals surface area contributed by atoms with Crippen LogP contribution in [0.2, 0.25) is 0 Å². The van der Waals surface area contributed by atoms with E-state index in [1.165, 1.54) is 19.3 Å². The van der Waals surface area contributed by atoms with Gasteiger partial charge in [-0.25, -0.2) is 0 Å². The molecular formula is C21H31NO3. The SMILES string of the molecule is CCOc1ccc(C(=O)N(C2CCC(CC)CC2)C2CC2)cc1OC. The molecular weight excluding hydrogens is 314 g/mol. The van der Waals surface area contributed by atoms with Gasteiger partial charge in [-0.05, 0) is 69.6 Å². The van der Waals surface area contributed by atoms with E-state index in [2.05, 4.69) is 11.8 Å². The van der Waals surface area contributed by atoms with E-state index in [9.17, 15) is 4.79 Å². The molecule has 0 aliphatic heterocycles. The molecule has 0 bridgehead atoms. The Morgan fingerprint density at radius 3 is 2.20 bits per heavy atom. The highest BCUT2D eigenvalue weighted by molar-refractivity contribution is 5.95. The van der Waals surface area contributed by atoms with Crippen molar-refractivity contribution in [3.63, 3.8) is 0 Å². The average Bonchev–Trinajstić information content (AvgIpc) is 3.48. The molecule has 2 aliphatic rings. The lowest BCUT2D eigenvalue weighted by Gasteiger charge is -2.37. The first-order valence-electron chi connectivity index (χ1n) is 9.81. The number of benzene rings is 1. The van der Waals surface area contributed by atoms with Crippen molar-refractivity contribution in [3.8, 4) is 11.5 Å². The first-order chi connectivity index (χ1) is 12.2. The zero-order chi connectivity index (χ0) is 17.8. The van der Waals surface area contributed by atoms with Crippen LogP contribution in [0.25, 0.3) is 0 Å². The van der Waals surface area contributed by atoms with Crippen LogP contribution in [0.4, 0.5) is 0 Å². The third-order valence-corrected chi connectivity index (χ3v) is 5.67. The predicted molar refractivity (Wildman–Crippen MR) is 99.4 cm³/mol. The van der Waals surface area contributed by atoms with Crippen molar-refractivity contribution in [2.45, 2.75) is 70.9 Å². The Hall–Kier alpha value is -1.71. The Balaban J connectivity index is 1.77. The molecule has 25 heavy (non-hydrogen) atoms. The van der Waals surface area contributed by atoms with Crippen molar-refractivity contribution in [1.82, 2.24) is 4.90 Å². The lowest BCUT2D eigenvalue weighted by Crippen LogP contribution is -2.43. The summed E-state index contributed by atoms with van der Waals surface area (Å²) in [5.74, 6) is 2.34. The lowest BCUT2D eigenvalue weighted by atomic mass is 9.83. The highest BCUT2D eigenvalue weighted by atomic mass is 16.5. The maximum Gasteiger partial charge on any atom is 0.254 e. The minimum absolute atomic E-state index is 0.156. The molecule has 2 aliphatic carbocycles. The van der Waals surface area contributed by atoms with Crippen molar-refractivity contribution in [1.29, 1.82) is 0 Å². The van der Waals surface area contributed by atoms with E-state index >= 15 is 0 Å². The Bertz CT molecular complexity index is 589. The molecule has 3 rings (SSSR count). The van der Waals surface area contributed by atoms with Crippen LogP contribution in [0.5, 0.6) is 11.5 Å². The monoisotopic (exact) mass is 345 g/mol. The lowest BCUT2D eigenvalue weighted by molar-refractivity contribution is 0.0586. The average molecular weight is 345 g/mol. The fourth-order valence-corrected chi connectivity index (χ4v) is 4.04. The summed E-state index contributed by atoms with van der Waals surface area (Å²) >= 11 is 0. The van der Waals surface area contributed by atoms with Gasteiger partial charge in [0.05, 0.1) is 13.7 Å².